The number of carboxylic acids is 1. The van der Waals surface area contributed by atoms with Gasteiger partial charge in [0.15, 0.2) is 0 Å². The summed E-state index contributed by atoms with van der Waals surface area (Å²) in [6.07, 6.45) is 3.59. The second-order valence-electron chi connectivity index (χ2n) is 5.76. The Hall–Kier alpha value is -0.570. The lowest BCUT2D eigenvalue weighted by Crippen LogP contribution is -2.25. The fourth-order valence-electron chi connectivity index (χ4n) is 3.24. The molecule has 86 valence electrons. The number of nitrogens with zero attached hydrogens (tertiary/aromatic N) is 1. The molecule has 1 saturated carbocycles. The first-order valence-corrected chi connectivity index (χ1v) is 5.87. The Labute approximate surface area is 91.5 Å². The van der Waals surface area contributed by atoms with E-state index >= 15 is 0 Å². The van der Waals surface area contributed by atoms with E-state index < -0.39 is 5.97 Å². The Morgan fingerprint density at radius 2 is 2.20 bits per heavy atom. The number of likely N-dealkylation sites (tertiary alicyclic amines) is 1. The van der Waals surface area contributed by atoms with Crippen molar-refractivity contribution < 1.29 is 9.90 Å². The summed E-state index contributed by atoms with van der Waals surface area (Å²) in [5.74, 6) is -0.322. The minimum atomic E-state index is -0.606. The average Bonchev–Trinajstić information content (AvgIpc) is 2.47. The van der Waals surface area contributed by atoms with Crippen LogP contribution in [0.2, 0.25) is 0 Å². The fourth-order valence-corrected chi connectivity index (χ4v) is 3.24. The number of hydrogen-bond acceptors (Lipinski definition) is 2. The quantitative estimate of drug-likeness (QED) is 0.774. The molecule has 1 unspecified atom stereocenters. The van der Waals surface area contributed by atoms with Crippen LogP contribution in [0.4, 0.5) is 0 Å². The van der Waals surface area contributed by atoms with Crippen molar-refractivity contribution in [3.05, 3.63) is 0 Å². The van der Waals surface area contributed by atoms with E-state index in [0.29, 0.717) is 12.0 Å². The highest BCUT2D eigenvalue weighted by molar-refractivity contribution is 5.75. The smallest absolute Gasteiger partial charge is 0.307 e. The van der Waals surface area contributed by atoms with Gasteiger partial charge in [-0.15, -0.1) is 0 Å². The van der Waals surface area contributed by atoms with Crippen molar-refractivity contribution >= 4 is 5.97 Å². The van der Waals surface area contributed by atoms with Crippen molar-refractivity contribution in [2.45, 2.75) is 39.2 Å². The van der Waals surface area contributed by atoms with Crippen LogP contribution in [0.3, 0.4) is 0 Å². The van der Waals surface area contributed by atoms with Crippen LogP contribution in [-0.4, -0.2) is 35.6 Å². The predicted octanol–water partition coefficient (Wildman–Crippen LogP) is 1.83. The van der Waals surface area contributed by atoms with E-state index in [4.69, 9.17) is 5.11 Å². The largest absolute Gasteiger partial charge is 0.481 e. The van der Waals surface area contributed by atoms with Crippen molar-refractivity contribution in [3.63, 3.8) is 0 Å². The number of carboxylic acid groups (broad SMARTS) is 1. The molecule has 2 fully saturated rings. The fraction of sp³-hybridized carbons (Fsp3) is 0.917. The first-order chi connectivity index (χ1) is 6.94. The van der Waals surface area contributed by atoms with E-state index in [1.807, 2.05) is 0 Å². The van der Waals surface area contributed by atoms with Gasteiger partial charge in [0.2, 0.25) is 0 Å². The molecule has 15 heavy (non-hydrogen) atoms. The monoisotopic (exact) mass is 211 g/mol. The van der Waals surface area contributed by atoms with Crippen LogP contribution in [0.1, 0.15) is 33.1 Å². The van der Waals surface area contributed by atoms with E-state index in [0.717, 1.165) is 6.42 Å². The van der Waals surface area contributed by atoms with E-state index in [2.05, 4.69) is 25.8 Å². The molecule has 1 saturated heterocycles. The van der Waals surface area contributed by atoms with E-state index in [1.54, 1.807) is 0 Å². The zero-order valence-corrected chi connectivity index (χ0v) is 9.86. The van der Waals surface area contributed by atoms with Gasteiger partial charge in [0.25, 0.3) is 0 Å². The standard InChI is InChI=1S/C12H21NO2/c1-12(2)9(10(12)11(14)15)7-8-5-4-6-13(8)3/h8-10H,4-7H2,1-3H3,(H,14,15)/t8?,9-,10+/m1/s1. The van der Waals surface area contributed by atoms with Gasteiger partial charge >= 0.3 is 5.97 Å². The predicted molar refractivity (Wildman–Crippen MR) is 58.7 cm³/mol. The molecule has 0 spiro atoms. The van der Waals surface area contributed by atoms with Gasteiger partial charge < -0.3 is 10.0 Å². The number of rotatable bonds is 3. The van der Waals surface area contributed by atoms with Gasteiger partial charge in [0.1, 0.15) is 0 Å². The maximum atomic E-state index is 11.0. The Kier molecular flexibility index (Phi) is 2.53. The molecule has 3 heteroatoms. The molecule has 1 aliphatic carbocycles. The van der Waals surface area contributed by atoms with Gasteiger partial charge in [-0.25, -0.2) is 0 Å². The van der Waals surface area contributed by atoms with Crippen LogP contribution >= 0.6 is 0 Å². The molecule has 0 amide bonds. The molecule has 2 rings (SSSR count). The highest BCUT2D eigenvalue weighted by atomic mass is 16.4. The third-order valence-corrected chi connectivity index (χ3v) is 4.51. The van der Waals surface area contributed by atoms with Gasteiger partial charge in [-0.05, 0) is 44.2 Å². The molecule has 0 aromatic rings. The lowest BCUT2D eigenvalue weighted by Gasteiger charge is -2.19. The van der Waals surface area contributed by atoms with Crippen LogP contribution in [0.5, 0.6) is 0 Å². The van der Waals surface area contributed by atoms with Crippen molar-refractivity contribution in [2.75, 3.05) is 13.6 Å². The third kappa shape index (κ3) is 1.78. The summed E-state index contributed by atoms with van der Waals surface area (Å²) in [4.78, 5) is 13.4. The summed E-state index contributed by atoms with van der Waals surface area (Å²) in [5.41, 5.74) is 0.0231. The third-order valence-electron chi connectivity index (χ3n) is 4.51. The maximum Gasteiger partial charge on any atom is 0.307 e. The summed E-state index contributed by atoms with van der Waals surface area (Å²) in [7, 11) is 2.16. The van der Waals surface area contributed by atoms with Gasteiger partial charge in [-0.2, -0.15) is 0 Å². The Bertz CT molecular complexity index is 275. The van der Waals surface area contributed by atoms with E-state index in [-0.39, 0.29) is 11.3 Å². The Morgan fingerprint density at radius 3 is 2.60 bits per heavy atom. The number of aliphatic carboxylic acids is 1. The number of carbonyl (C=O) groups is 1. The summed E-state index contributed by atoms with van der Waals surface area (Å²) in [6, 6.07) is 0.624. The van der Waals surface area contributed by atoms with Crippen LogP contribution < -0.4 is 0 Å². The van der Waals surface area contributed by atoms with Crippen LogP contribution in [-0.2, 0) is 4.79 Å². The summed E-state index contributed by atoms with van der Waals surface area (Å²) < 4.78 is 0. The minimum absolute atomic E-state index is 0.0231. The average molecular weight is 211 g/mol. The second kappa shape index (κ2) is 3.48. The molecule has 3 atom stereocenters. The molecule has 3 nitrogen and oxygen atoms in total. The van der Waals surface area contributed by atoms with Crippen molar-refractivity contribution in [1.82, 2.24) is 4.90 Å². The van der Waals surface area contributed by atoms with Gasteiger partial charge in [0.05, 0.1) is 5.92 Å². The van der Waals surface area contributed by atoms with Crippen molar-refractivity contribution in [2.24, 2.45) is 17.3 Å². The Morgan fingerprint density at radius 1 is 1.53 bits per heavy atom. The van der Waals surface area contributed by atoms with Crippen LogP contribution in [0, 0.1) is 17.3 Å². The first kappa shape index (κ1) is 10.9. The van der Waals surface area contributed by atoms with Crippen LogP contribution in [0.15, 0.2) is 0 Å². The highest BCUT2D eigenvalue weighted by Gasteiger charge is 2.62. The summed E-state index contributed by atoms with van der Waals surface area (Å²) in [6.45, 7) is 5.35. The van der Waals surface area contributed by atoms with Gasteiger partial charge in [-0.1, -0.05) is 13.8 Å². The minimum Gasteiger partial charge on any atom is -0.481 e. The summed E-state index contributed by atoms with van der Waals surface area (Å²) in [5, 5.41) is 9.09. The summed E-state index contributed by atoms with van der Waals surface area (Å²) >= 11 is 0. The number of hydrogen-bond donors (Lipinski definition) is 1. The lowest BCUT2D eigenvalue weighted by atomic mass is 10.0. The molecule has 1 aliphatic heterocycles. The Balaban J connectivity index is 1.94. The zero-order valence-electron chi connectivity index (χ0n) is 9.86. The van der Waals surface area contributed by atoms with Gasteiger partial charge in [0, 0.05) is 6.04 Å². The topological polar surface area (TPSA) is 40.5 Å². The second-order valence-corrected chi connectivity index (χ2v) is 5.76. The molecule has 0 aromatic heterocycles. The van der Waals surface area contributed by atoms with Crippen LogP contribution in [0.25, 0.3) is 0 Å². The van der Waals surface area contributed by atoms with E-state index in [1.165, 1.54) is 19.4 Å². The molecule has 0 aromatic carbocycles. The molecule has 1 heterocycles. The maximum absolute atomic E-state index is 11.0. The molecule has 1 N–H and O–H groups in total. The lowest BCUT2D eigenvalue weighted by molar-refractivity contribution is -0.139. The molecule has 0 bridgehead atoms. The van der Waals surface area contributed by atoms with E-state index in [9.17, 15) is 4.79 Å². The first-order valence-electron chi connectivity index (χ1n) is 5.87. The SMILES string of the molecule is CN1CCCC1C[C@@H]1[C@@H](C(=O)O)C1(C)C. The molecular formula is C12H21NO2. The van der Waals surface area contributed by atoms with Gasteiger partial charge in [-0.3, -0.25) is 4.79 Å². The zero-order chi connectivity index (χ0) is 11.2. The highest BCUT2D eigenvalue weighted by Crippen LogP contribution is 2.60. The van der Waals surface area contributed by atoms with Crippen molar-refractivity contribution in [1.29, 1.82) is 0 Å². The normalized spacial score (nSPS) is 39.3. The molecule has 2 aliphatic rings. The molecular weight excluding hydrogens is 190 g/mol. The molecule has 0 radical (unpaired) electrons. The van der Waals surface area contributed by atoms with Crippen molar-refractivity contribution in [3.8, 4) is 0 Å².